The van der Waals surface area contributed by atoms with E-state index in [9.17, 15) is 9.59 Å². The Morgan fingerprint density at radius 1 is 1.15 bits per heavy atom. The maximum atomic E-state index is 12.7. The number of likely N-dealkylation sites (N-methyl/N-ethyl adjacent to an activating group) is 1. The van der Waals surface area contributed by atoms with Crippen molar-refractivity contribution >= 4 is 11.8 Å². The van der Waals surface area contributed by atoms with E-state index < -0.39 is 0 Å². The molecule has 1 aliphatic rings. The number of nitrogens with zero attached hydrogens (tertiary/aromatic N) is 2. The van der Waals surface area contributed by atoms with Gasteiger partial charge >= 0.3 is 0 Å². The first-order chi connectivity index (χ1) is 16.6. The normalized spacial score (nSPS) is 15.8. The third kappa shape index (κ3) is 5.46. The Labute approximate surface area is 199 Å². The first kappa shape index (κ1) is 23.5. The summed E-state index contributed by atoms with van der Waals surface area (Å²) in [6.07, 6.45) is 5.78. The van der Waals surface area contributed by atoms with Crippen LogP contribution in [0.15, 0.2) is 54.9 Å². The zero-order valence-corrected chi connectivity index (χ0v) is 19.6. The molecule has 0 spiro atoms. The van der Waals surface area contributed by atoms with Crippen molar-refractivity contribution in [3.8, 4) is 16.9 Å². The molecule has 1 fully saturated rings. The zero-order valence-electron chi connectivity index (χ0n) is 19.6. The van der Waals surface area contributed by atoms with Crippen LogP contribution in [0.4, 0.5) is 0 Å². The molecule has 2 amide bonds. The van der Waals surface area contributed by atoms with Gasteiger partial charge in [0.1, 0.15) is 5.75 Å². The molecule has 8 nitrogen and oxygen atoms in total. The molecule has 2 aromatic carbocycles. The minimum atomic E-state index is -0.215. The van der Waals surface area contributed by atoms with E-state index in [2.05, 4.69) is 32.7 Å². The molecular formula is C26H31N5O3. The van der Waals surface area contributed by atoms with Crippen LogP contribution < -0.4 is 15.4 Å². The van der Waals surface area contributed by atoms with Crippen molar-refractivity contribution < 1.29 is 14.3 Å². The number of carbonyl (C=O) groups excluding carboxylic acids is 2. The Balaban J connectivity index is 1.35. The number of hydrogen-bond acceptors (Lipinski definition) is 5. The summed E-state index contributed by atoms with van der Waals surface area (Å²) in [6.45, 7) is 5.24. The highest BCUT2D eigenvalue weighted by Crippen LogP contribution is 2.30. The van der Waals surface area contributed by atoms with E-state index in [1.165, 1.54) is 6.42 Å². The van der Waals surface area contributed by atoms with Gasteiger partial charge in [0.2, 0.25) is 0 Å². The van der Waals surface area contributed by atoms with Crippen molar-refractivity contribution in [3.63, 3.8) is 0 Å². The summed E-state index contributed by atoms with van der Waals surface area (Å²) in [5, 5.41) is 12.7. The summed E-state index contributed by atoms with van der Waals surface area (Å²) in [7, 11) is 1.57. The predicted molar refractivity (Wildman–Crippen MR) is 131 cm³/mol. The largest absolute Gasteiger partial charge is 0.496 e. The number of rotatable bonds is 9. The van der Waals surface area contributed by atoms with Crippen LogP contribution in [0, 0.1) is 0 Å². The highest BCUT2D eigenvalue weighted by molar-refractivity contribution is 5.96. The van der Waals surface area contributed by atoms with Gasteiger partial charge in [-0.15, -0.1) is 0 Å². The molecular weight excluding hydrogens is 430 g/mol. The molecule has 34 heavy (non-hydrogen) atoms. The lowest BCUT2D eigenvalue weighted by molar-refractivity contribution is 0.0938. The number of amides is 2. The number of aromatic nitrogens is 2. The molecule has 0 bridgehead atoms. The fourth-order valence-electron chi connectivity index (χ4n) is 4.43. The summed E-state index contributed by atoms with van der Waals surface area (Å²) in [6, 6.07) is 13.1. The zero-order chi connectivity index (χ0) is 23.9. The molecule has 1 aromatic heterocycles. The number of methoxy groups -OCH3 is 1. The minimum Gasteiger partial charge on any atom is -0.496 e. The summed E-state index contributed by atoms with van der Waals surface area (Å²) in [5.41, 5.74) is 3.69. The van der Waals surface area contributed by atoms with E-state index >= 15 is 0 Å². The van der Waals surface area contributed by atoms with Crippen LogP contribution in [0.5, 0.6) is 5.75 Å². The maximum Gasteiger partial charge on any atom is 0.251 e. The molecule has 3 aromatic rings. The minimum absolute atomic E-state index is 0.0873. The fraction of sp³-hybridized carbons (Fsp3) is 0.346. The van der Waals surface area contributed by atoms with Gasteiger partial charge in [-0.05, 0) is 61.8 Å². The van der Waals surface area contributed by atoms with Crippen LogP contribution in [0.1, 0.15) is 46.0 Å². The second kappa shape index (κ2) is 11.0. The number of H-pyrrole nitrogens is 1. The van der Waals surface area contributed by atoms with Crippen molar-refractivity contribution in [2.75, 3.05) is 26.7 Å². The van der Waals surface area contributed by atoms with E-state index in [1.807, 2.05) is 24.3 Å². The Morgan fingerprint density at radius 3 is 2.74 bits per heavy atom. The maximum absolute atomic E-state index is 12.7. The molecule has 0 aliphatic carbocycles. The molecule has 2 heterocycles. The lowest BCUT2D eigenvalue weighted by Gasteiger charge is -2.22. The van der Waals surface area contributed by atoms with Crippen LogP contribution in [0.25, 0.3) is 11.1 Å². The number of hydrogen-bond donors (Lipinski definition) is 3. The Hall–Kier alpha value is -3.65. The van der Waals surface area contributed by atoms with E-state index in [0.717, 1.165) is 36.2 Å². The topological polar surface area (TPSA) is 99.4 Å². The van der Waals surface area contributed by atoms with Crippen molar-refractivity contribution in [3.05, 3.63) is 71.5 Å². The van der Waals surface area contributed by atoms with Gasteiger partial charge < -0.3 is 15.4 Å². The second-order valence-corrected chi connectivity index (χ2v) is 8.42. The van der Waals surface area contributed by atoms with Crippen LogP contribution in [0.2, 0.25) is 0 Å². The van der Waals surface area contributed by atoms with Gasteiger partial charge in [-0.2, -0.15) is 5.10 Å². The molecule has 1 atom stereocenters. The van der Waals surface area contributed by atoms with Crippen LogP contribution in [0.3, 0.4) is 0 Å². The number of nitrogens with one attached hydrogen (secondary N) is 3. The SMILES string of the molecule is CCN1CCCC1CNC(=O)c1cccc(CNC(=O)c2ccc(-c3cn[nH]c3)c(OC)c2)c1. The lowest BCUT2D eigenvalue weighted by atomic mass is 10.0. The van der Waals surface area contributed by atoms with Gasteiger partial charge in [-0.3, -0.25) is 19.6 Å². The molecule has 4 rings (SSSR count). The first-order valence-electron chi connectivity index (χ1n) is 11.7. The van der Waals surface area contributed by atoms with Gasteiger partial charge in [-0.25, -0.2) is 0 Å². The highest BCUT2D eigenvalue weighted by atomic mass is 16.5. The van der Waals surface area contributed by atoms with E-state index in [0.29, 0.717) is 36.0 Å². The summed E-state index contributed by atoms with van der Waals surface area (Å²) >= 11 is 0. The highest BCUT2D eigenvalue weighted by Gasteiger charge is 2.23. The number of carbonyl (C=O) groups is 2. The summed E-state index contributed by atoms with van der Waals surface area (Å²) in [5.74, 6) is 0.292. The second-order valence-electron chi connectivity index (χ2n) is 8.42. The molecule has 1 saturated heterocycles. The van der Waals surface area contributed by atoms with Crippen molar-refractivity contribution in [1.82, 2.24) is 25.7 Å². The molecule has 0 saturated carbocycles. The molecule has 8 heteroatoms. The molecule has 178 valence electrons. The number of aromatic amines is 1. The van der Waals surface area contributed by atoms with E-state index in [-0.39, 0.29) is 11.8 Å². The van der Waals surface area contributed by atoms with Gasteiger partial charge in [0.25, 0.3) is 11.8 Å². The van der Waals surface area contributed by atoms with Crippen LogP contribution >= 0.6 is 0 Å². The fourth-order valence-corrected chi connectivity index (χ4v) is 4.43. The standard InChI is InChI=1S/C26H31N5O3/c1-3-31-11-5-8-22(31)17-28-25(32)19-7-4-6-18(12-19)14-27-26(33)20-9-10-23(24(13-20)34-2)21-15-29-30-16-21/h4,6-7,9-10,12-13,15-16,22H,3,5,8,11,14,17H2,1-2H3,(H,27,33)(H,28,32)(H,29,30). The molecule has 3 N–H and O–H groups in total. The van der Waals surface area contributed by atoms with E-state index in [1.54, 1.807) is 37.7 Å². The summed E-state index contributed by atoms with van der Waals surface area (Å²) < 4.78 is 5.47. The van der Waals surface area contributed by atoms with Gasteiger partial charge in [-0.1, -0.05) is 19.1 Å². The van der Waals surface area contributed by atoms with Gasteiger partial charge in [0, 0.05) is 47.6 Å². The third-order valence-corrected chi connectivity index (χ3v) is 6.32. The predicted octanol–water partition coefficient (Wildman–Crippen LogP) is 3.23. The lowest BCUT2D eigenvalue weighted by Crippen LogP contribution is -2.40. The van der Waals surface area contributed by atoms with Crippen molar-refractivity contribution in [2.45, 2.75) is 32.4 Å². The molecule has 1 aliphatic heterocycles. The Kier molecular flexibility index (Phi) is 7.59. The number of benzene rings is 2. The van der Waals surface area contributed by atoms with E-state index in [4.69, 9.17) is 4.74 Å². The van der Waals surface area contributed by atoms with Gasteiger partial charge in [0.15, 0.2) is 0 Å². The van der Waals surface area contributed by atoms with Gasteiger partial charge in [0.05, 0.1) is 13.3 Å². The molecule has 1 unspecified atom stereocenters. The van der Waals surface area contributed by atoms with Crippen LogP contribution in [-0.4, -0.2) is 59.7 Å². The van der Waals surface area contributed by atoms with Crippen LogP contribution in [-0.2, 0) is 6.54 Å². The Morgan fingerprint density at radius 2 is 1.97 bits per heavy atom. The Bertz CT molecular complexity index is 1130. The smallest absolute Gasteiger partial charge is 0.251 e. The average Bonchev–Trinajstić information content (AvgIpc) is 3.57. The monoisotopic (exact) mass is 461 g/mol. The molecule has 0 radical (unpaired) electrons. The first-order valence-corrected chi connectivity index (χ1v) is 11.7. The number of ether oxygens (including phenoxy) is 1. The third-order valence-electron chi connectivity index (χ3n) is 6.32. The number of likely N-dealkylation sites (tertiary alicyclic amines) is 1. The quantitative estimate of drug-likeness (QED) is 0.454. The summed E-state index contributed by atoms with van der Waals surface area (Å²) in [4.78, 5) is 27.8. The van der Waals surface area contributed by atoms with Crippen molar-refractivity contribution in [2.24, 2.45) is 0 Å². The van der Waals surface area contributed by atoms with Crippen molar-refractivity contribution in [1.29, 1.82) is 0 Å². The average molecular weight is 462 g/mol.